The van der Waals surface area contributed by atoms with E-state index in [1.54, 1.807) is 23.5 Å². The average Bonchev–Trinajstić information content (AvgIpc) is 3.72. The van der Waals surface area contributed by atoms with Gasteiger partial charge in [0.05, 0.1) is 23.4 Å². The number of halogens is 1. The van der Waals surface area contributed by atoms with Gasteiger partial charge >= 0.3 is 5.97 Å². The van der Waals surface area contributed by atoms with E-state index in [9.17, 15) is 14.3 Å². The molecule has 49 heavy (non-hydrogen) atoms. The van der Waals surface area contributed by atoms with Crippen molar-refractivity contribution in [1.29, 1.82) is 0 Å². The number of fused-ring (bicyclic) bond motifs is 2. The molecule has 0 amide bonds. The molecule has 4 heterocycles. The minimum atomic E-state index is -1.10. The molecule has 250 valence electrons. The Hall–Kier alpha value is -5.08. The van der Waals surface area contributed by atoms with Gasteiger partial charge in [-0.2, -0.15) is 0 Å². The second kappa shape index (κ2) is 15.9. The Balaban J connectivity index is 1.08. The van der Waals surface area contributed by atoms with Crippen LogP contribution in [0.1, 0.15) is 57.7 Å². The molecule has 5 aromatic rings. The van der Waals surface area contributed by atoms with Crippen molar-refractivity contribution in [3.8, 4) is 29.9 Å². The van der Waals surface area contributed by atoms with Crippen molar-refractivity contribution in [2.45, 2.75) is 45.4 Å². The zero-order valence-corrected chi connectivity index (χ0v) is 28.5. The highest BCUT2D eigenvalue weighted by Crippen LogP contribution is 2.39. The van der Waals surface area contributed by atoms with Crippen LogP contribution >= 0.6 is 22.7 Å². The number of carboxylic acids is 1. The van der Waals surface area contributed by atoms with Gasteiger partial charge in [0.1, 0.15) is 0 Å². The molecule has 3 aromatic heterocycles. The van der Waals surface area contributed by atoms with Crippen LogP contribution in [0, 0.1) is 36.9 Å². The second-order valence-corrected chi connectivity index (χ2v) is 13.4. The van der Waals surface area contributed by atoms with Crippen LogP contribution in [-0.4, -0.2) is 57.5 Å². The third kappa shape index (κ3) is 8.15. The number of carboxylic acid groups (broad SMARTS) is 1. The van der Waals surface area contributed by atoms with Crippen LogP contribution < -0.4 is 20.3 Å². The molecule has 0 radical (unpaired) electrons. The highest BCUT2D eigenvalue weighted by Gasteiger charge is 2.28. The maximum atomic E-state index is 14.7. The van der Waals surface area contributed by atoms with Crippen LogP contribution in [0.25, 0.3) is 10.2 Å². The molecule has 13 heteroatoms. The van der Waals surface area contributed by atoms with Crippen molar-refractivity contribution >= 4 is 60.8 Å². The SMILES string of the molecule is C#CCCCNCC#Cc1ccc(OCCCc2sc(N3CCCc4c3nnc(Nc3nc5ccccc5s3)c4C)nc2C(=O)O)c(F)c1. The van der Waals surface area contributed by atoms with Crippen molar-refractivity contribution in [1.82, 2.24) is 25.5 Å². The molecule has 0 saturated carbocycles. The smallest absolute Gasteiger partial charge is 0.355 e. The summed E-state index contributed by atoms with van der Waals surface area (Å²) in [7, 11) is 0. The van der Waals surface area contributed by atoms with Crippen LogP contribution in [0.3, 0.4) is 0 Å². The molecular formula is C36H34FN7O3S2. The number of nitrogens with one attached hydrogen (secondary N) is 2. The number of carbonyl (C=O) groups is 1. The number of aromatic carboxylic acids is 1. The Kier molecular flexibility index (Phi) is 11.0. The van der Waals surface area contributed by atoms with E-state index >= 15 is 0 Å². The van der Waals surface area contributed by atoms with Crippen LogP contribution in [0.2, 0.25) is 0 Å². The van der Waals surface area contributed by atoms with Gasteiger partial charge < -0.3 is 25.4 Å². The Morgan fingerprint density at radius 1 is 1.16 bits per heavy atom. The van der Waals surface area contributed by atoms with Gasteiger partial charge in [0.2, 0.25) is 0 Å². The number of nitrogens with zero attached hydrogens (tertiary/aromatic N) is 5. The zero-order valence-electron chi connectivity index (χ0n) is 26.9. The lowest BCUT2D eigenvalue weighted by Crippen LogP contribution is -2.27. The summed E-state index contributed by atoms with van der Waals surface area (Å²) in [6.07, 6.45) is 9.40. The third-order valence-electron chi connectivity index (χ3n) is 7.88. The number of anilines is 4. The monoisotopic (exact) mass is 695 g/mol. The summed E-state index contributed by atoms with van der Waals surface area (Å²) in [5, 5.41) is 26.8. The normalized spacial score (nSPS) is 12.2. The number of ether oxygens (including phenoxy) is 1. The van der Waals surface area contributed by atoms with E-state index in [4.69, 9.17) is 11.2 Å². The van der Waals surface area contributed by atoms with Crippen molar-refractivity contribution in [3.05, 3.63) is 75.5 Å². The summed E-state index contributed by atoms with van der Waals surface area (Å²) < 4.78 is 21.5. The van der Waals surface area contributed by atoms with Gasteiger partial charge in [-0.3, -0.25) is 0 Å². The molecule has 3 N–H and O–H groups in total. The fraction of sp³-hybridized carbons (Fsp3) is 0.306. The fourth-order valence-electron chi connectivity index (χ4n) is 5.43. The lowest BCUT2D eigenvalue weighted by atomic mass is 10.0. The van der Waals surface area contributed by atoms with Gasteiger partial charge in [-0.15, -0.1) is 33.9 Å². The minimum absolute atomic E-state index is 0.00516. The highest BCUT2D eigenvalue weighted by atomic mass is 32.1. The summed E-state index contributed by atoms with van der Waals surface area (Å²) in [5.41, 5.74) is 3.49. The molecular weight excluding hydrogens is 662 g/mol. The Morgan fingerprint density at radius 2 is 2.04 bits per heavy atom. The minimum Gasteiger partial charge on any atom is -0.491 e. The van der Waals surface area contributed by atoms with E-state index in [0.717, 1.165) is 58.7 Å². The summed E-state index contributed by atoms with van der Waals surface area (Å²) in [4.78, 5) is 23.9. The van der Waals surface area contributed by atoms with Crippen molar-refractivity contribution < 1.29 is 19.0 Å². The molecule has 0 fully saturated rings. The van der Waals surface area contributed by atoms with E-state index < -0.39 is 11.8 Å². The topological polar surface area (TPSA) is 125 Å². The molecule has 10 nitrogen and oxygen atoms in total. The van der Waals surface area contributed by atoms with Gasteiger partial charge in [0.15, 0.2) is 39.2 Å². The number of thiazole rings is 2. The molecule has 1 aliphatic rings. The first-order chi connectivity index (χ1) is 23.9. The number of aryl methyl sites for hydroxylation is 1. The maximum Gasteiger partial charge on any atom is 0.355 e. The highest BCUT2D eigenvalue weighted by molar-refractivity contribution is 7.22. The summed E-state index contributed by atoms with van der Waals surface area (Å²) in [6.45, 7) is 4.13. The number of aromatic nitrogens is 4. The molecule has 0 aliphatic carbocycles. The number of terminal acetylenes is 1. The Morgan fingerprint density at radius 3 is 2.86 bits per heavy atom. The fourth-order valence-corrected chi connectivity index (χ4v) is 7.41. The average molecular weight is 696 g/mol. The second-order valence-electron chi connectivity index (χ2n) is 11.3. The lowest BCUT2D eigenvalue weighted by molar-refractivity contribution is 0.0690. The van der Waals surface area contributed by atoms with Gasteiger partial charge in [0.25, 0.3) is 0 Å². The van der Waals surface area contributed by atoms with Crippen molar-refractivity contribution in [3.63, 3.8) is 0 Å². The number of para-hydroxylation sites is 1. The van der Waals surface area contributed by atoms with Gasteiger partial charge in [-0.05, 0) is 75.9 Å². The number of benzene rings is 2. The van der Waals surface area contributed by atoms with Crippen molar-refractivity contribution in [2.75, 3.05) is 36.5 Å². The third-order valence-corrected chi connectivity index (χ3v) is 9.97. The van der Waals surface area contributed by atoms with E-state index in [2.05, 4.69) is 48.6 Å². The first-order valence-electron chi connectivity index (χ1n) is 16.0. The van der Waals surface area contributed by atoms with Crippen molar-refractivity contribution in [2.24, 2.45) is 0 Å². The number of unbranched alkanes of at least 4 members (excludes halogenated alkanes) is 1. The lowest BCUT2D eigenvalue weighted by Gasteiger charge is -2.28. The predicted octanol–water partition coefficient (Wildman–Crippen LogP) is 6.88. The molecule has 0 atom stereocenters. The van der Waals surface area contributed by atoms with Crippen LogP contribution in [0.5, 0.6) is 5.75 Å². The van der Waals surface area contributed by atoms with Crippen LogP contribution in [0.4, 0.5) is 26.3 Å². The summed E-state index contributed by atoms with van der Waals surface area (Å²) in [5.74, 6) is 8.35. The maximum absolute atomic E-state index is 14.7. The first-order valence-corrected chi connectivity index (χ1v) is 17.6. The standard InChI is InChI=1S/C36H34FN7O3S2/c1-3-4-7-18-38-19-8-11-24-16-17-28(26(37)22-24)47-21-10-15-30-31(34(45)46)40-36(49-30)44-20-9-12-25-23(2)32(42-43-33(25)44)41-35-39-27-13-5-6-14-29(27)48-35/h1,5-6,13-14,16-17,22,38H,4,7,9-10,12,15,18-21H2,2H3,(H,45,46)(H,39,41,42). The summed E-state index contributed by atoms with van der Waals surface area (Å²) in [6, 6.07) is 12.6. The quantitative estimate of drug-likeness (QED) is 0.0887. The van der Waals surface area contributed by atoms with E-state index in [1.165, 1.54) is 17.4 Å². The number of hydrogen-bond donors (Lipinski definition) is 3. The molecule has 1 aliphatic heterocycles. The number of rotatable bonds is 13. The Bertz CT molecular complexity index is 2050. The number of hydrogen-bond acceptors (Lipinski definition) is 11. The molecule has 0 bridgehead atoms. The molecule has 6 rings (SSSR count). The first kappa shape index (κ1) is 33.8. The van der Waals surface area contributed by atoms with Gasteiger partial charge in [-0.1, -0.05) is 35.3 Å². The molecule has 0 unspecified atom stereocenters. The van der Waals surface area contributed by atoms with Crippen LogP contribution in [-0.2, 0) is 12.8 Å². The largest absolute Gasteiger partial charge is 0.491 e. The Labute approximate surface area is 291 Å². The van der Waals surface area contributed by atoms with E-state index in [0.29, 0.717) is 53.1 Å². The zero-order chi connectivity index (χ0) is 34.2. The molecule has 0 spiro atoms. The molecule has 2 aromatic carbocycles. The van der Waals surface area contributed by atoms with E-state index in [-0.39, 0.29) is 18.1 Å². The van der Waals surface area contributed by atoms with Gasteiger partial charge in [-0.25, -0.2) is 19.2 Å². The predicted molar refractivity (Wildman–Crippen MR) is 192 cm³/mol. The van der Waals surface area contributed by atoms with Crippen LogP contribution in [0.15, 0.2) is 42.5 Å². The molecule has 0 saturated heterocycles. The summed E-state index contributed by atoms with van der Waals surface area (Å²) >= 11 is 2.88. The van der Waals surface area contributed by atoms with Gasteiger partial charge in [0, 0.05) is 34.5 Å². The van der Waals surface area contributed by atoms with E-state index in [1.807, 2.05) is 36.1 Å².